The first-order valence-electron chi connectivity index (χ1n) is 9.04. The molecule has 1 aromatic carbocycles. The Balaban J connectivity index is 1.68. The first kappa shape index (κ1) is 16.9. The highest BCUT2D eigenvalue weighted by molar-refractivity contribution is 8.26. The number of aryl methyl sites for hydroxylation is 1. The fourth-order valence-electron chi connectivity index (χ4n) is 3.93. The van der Waals surface area contributed by atoms with Crippen molar-refractivity contribution >= 4 is 51.2 Å². The van der Waals surface area contributed by atoms with E-state index in [0.29, 0.717) is 6.04 Å². The van der Waals surface area contributed by atoms with Crippen LogP contribution in [0.1, 0.15) is 44.6 Å². The van der Waals surface area contributed by atoms with E-state index in [9.17, 15) is 4.79 Å². The summed E-state index contributed by atoms with van der Waals surface area (Å²) in [7, 11) is 0. The van der Waals surface area contributed by atoms with Crippen molar-refractivity contribution in [1.29, 1.82) is 0 Å². The van der Waals surface area contributed by atoms with Crippen molar-refractivity contribution in [3.8, 4) is 0 Å². The summed E-state index contributed by atoms with van der Waals surface area (Å²) in [6.45, 7) is 3.05. The molecule has 4 rings (SSSR count). The third-order valence-electron chi connectivity index (χ3n) is 5.21. The van der Waals surface area contributed by atoms with Crippen molar-refractivity contribution in [2.45, 2.75) is 51.6 Å². The second-order valence-corrected chi connectivity index (χ2v) is 8.41. The zero-order valence-electron chi connectivity index (χ0n) is 14.4. The van der Waals surface area contributed by atoms with Gasteiger partial charge in [0.15, 0.2) is 0 Å². The number of hydrogen-bond acceptors (Lipinski definition) is 3. The fraction of sp³-hybridized carbons (Fsp3) is 0.400. The number of benzene rings is 1. The number of thioether (sulfide) groups is 1. The molecule has 130 valence electrons. The maximum atomic E-state index is 13.0. The van der Waals surface area contributed by atoms with E-state index in [4.69, 9.17) is 12.2 Å². The molecule has 0 unspecified atom stereocenters. The highest BCUT2D eigenvalue weighted by atomic mass is 32.2. The summed E-state index contributed by atoms with van der Waals surface area (Å²) < 4.78 is 2.95. The molecule has 2 heterocycles. The van der Waals surface area contributed by atoms with Crippen molar-refractivity contribution in [3.05, 3.63) is 40.9 Å². The Labute approximate surface area is 158 Å². The lowest BCUT2D eigenvalue weighted by Gasteiger charge is -2.29. The molecule has 1 aliphatic heterocycles. The molecule has 0 bridgehead atoms. The van der Waals surface area contributed by atoms with E-state index in [1.807, 2.05) is 17.0 Å². The van der Waals surface area contributed by atoms with E-state index in [1.54, 1.807) is 0 Å². The second kappa shape index (κ2) is 6.96. The molecule has 5 heteroatoms. The van der Waals surface area contributed by atoms with Crippen LogP contribution in [0.15, 0.2) is 35.4 Å². The van der Waals surface area contributed by atoms with Gasteiger partial charge in [-0.1, -0.05) is 61.4 Å². The molecular weight excluding hydrogens is 348 g/mol. The van der Waals surface area contributed by atoms with E-state index in [-0.39, 0.29) is 5.91 Å². The van der Waals surface area contributed by atoms with E-state index in [2.05, 4.69) is 35.9 Å². The standard InChI is InChI=1S/C20H22N2OS2/c1-2-21-13-14(16-10-6-7-11-17(16)21)12-18-19(23)22(20(24)25-18)15-8-4-3-5-9-15/h6-7,10-13,15H,2-5,8-9H2,1H3. The molecule has 2 aliphatic rings. The number of amides is 1. The quantitative estimate of drug-likeness (QED) is 0.549. The lowest BCUT2D eigenvalue weighted by molar-refractivity contribution is -0.124. The minimum atomic E-state index is 0.0928. The Kier molecular flexibility index (Phi) is 4.69. The van der Waals surface area contributed by atoms with E-state index < -0.39 is 0 Å². The lowest BCUT2D eigenvalue weighted by atomic mass is 9.94. The molecule has 0 radical (unpaired) electrons. The number of para-hydroxylation sites is 1. The van der Waals surface area contributed by atoms with Gasteiger partial charge in [-0.15, -0.1) is 0 Å². The first-order chi connectivity index (χ1) is 12.2. The first-order valence-corrected chi connectivity index (χ1v) is 10.3. The highest BCUT2D eigenvalue weighted by Crippen LogP contribution is 2.38. The summed E-state index contributed by atoms with van der Waals surface area (Å²) in [5.41, 5.74) is 2.31. The van der Waals surface area contributed by atoms with Gasteiger partial charge in [-0.3, -0.25) is 9.69 Å². The van der Waals surface area contributed by atoms with Crippen molar-refractivity contribution in [2.75, 3.05) is 0 Å². The summed E-state index contributed by atoms with van der Waals surface area (Å²) in [4.78, 5) is 15.6. The Hall–Kier alpha value is -1.59. The molecule has 25 heavy (non-hydrogen) atoms. The molecule has 0 spiro atoms. The van der Waals surface area contributed by atoms with Gasteiger partial charge in [-0.2, -0.15) is 0 Å². The minimum absolute atomic E-state index is 0.0928. The summed E-state index contributed by atoms with van der Waals surface area (Å²) in [6.07, 6.45) is 9.99. The Bertz CT molecular complexity index is 862. The second-order valence-electron chi connectivity index (χ2n) is 6.73. The van der Waals surface area contributed by atoms with Crippen LogP contribution in [0.5, 0.6) is 0 Å². The van der Waals surface area contributed by atoms with Crippen LogP contribution in [-0.2, 0) is 11.3 Å². The third-order valence-corrected chi connectivity index (χ3v) is 6.54. The number of carbonyl (C=O) groups excluding carboxylic acids is 1. The molecule has 1 saturated heterocycles. The summed E-state index contributed by atoms with van der Waals surface area (Å²) in [6, 6.07) is 8.65. The van der Waals surface area contributed by atoms with Crippen molar-refractivity contribution in [3.63, 3.8) is 0 Å². The summed E-state index contributed by atoms with van der Waals surface area (Å²) in [5, 5.41) is 1.19. The number of rotatable bonds is 3. The predicted octanol–water partition coefficient (Wildman–Crippen LogP) is 5.20. The van der Waals surface area contributed by atoms with Gasteiger partial charge < -0.3 is 4.57 Å². The zero-order valence-corrected chi connectivity index (χ0v) is 16.0. The average Bonchev–Trinajstić information content (AvgIpc) is 3.13. The SMILES string of the molecule is CCn1cc(C=C2SC(=S)N(C3CCCCC3)C2=O)c2ccccc21. The van der Waals surface area contributed by atoms with Gasteiger partial charge in [0.25, 0.3) is 5.91 Å². The molecule has 2 fully saturated rings. The number of aromatic nitrogens is 1. The molecule has 1 saturated carbocycles. The maximum absolute atomic E-state index is 13.0. The highest BCUT2D eigenvalue weighted by Gasteiger charge is 2.37. The average molecular weight is 371 g/mol. The topological polar surface area (TPSA) is 25.2 Å². The van der Waals surface area contributed by atoms with Gasteiger partial charge in [-0.05, 0) is 31.9 Å². The minimum Gasteiger partial charge on any atom is -0.347 e. The normalized spacial score (nSPS) is 21.0. The van der Waals surface area contributed by atoms with Crippen molar-refractivity contribution < 1.29 is 4.79 Å². The van der Waals surface area contributed by atoms with Crippen molar-refractivity contribution in [1.82, 2.24) is 9.47 Å². The van der Waals surface area contributed by atoms with Crippen LogP contribution in [0.4, 0.5) is 0 Å². The van der Waals surface area contributed by atoms with Gasteiger partial charge in [-0.25, -0.2) is 0 Å². The molecule has 1 amide bonds. The zero-order chi connectivity index (χ0) is 17.4. The molecule has 3 nitrogen and oxygen atoms in total. The maximum Gasteiger partial charge on any atom is 0.266 e. The largest absolute Gasteiger partial charge is 0.347 e. The van der Waals surface area contributed by atoms with Gasteiger partial charge in [0.2, 0.25) is 0 Å². The monoisotopic (exact) mass is 370 g/mol. The van der Waals surface area contributed by atoms with Crippen LogP contribution >= 0.6 is 24.0 Å². The molecule has 1 aromatic heterocycles. The molecule has 2 aromatic rings. The van der Waals surface area contributed by atoms with E-state index >= 15 is 0 Å². The van der Waals surface area contributed by atoms with Crippen LogP contribution in [0.2, 0.25) is 0 Å². The predicted molar refractivity (Wildman–Crippen MR) is 109 cm³/mol. The molecule has 0 atom stereocenters. The number of fused-ring (bicyclic) bond motifs is 1. The number of hydrogen-bond donors (Lipinski definition) is 0. The van der Waals surface area contributed by atoms with Crippen LogP contribution in [-0.4, -0.2) is 25.7 Å². The van der Waals surface area contributed by atoms with Gasteiger partial charge in [0.1, 0.15) is 4.32 Å². The van der Waals surface area contributed by atoms with Gasteiger partial charge in [0, 0.05) is 35.2 Å². The summed E-state index contributed by atoms with van der Waals surface area (Å²) in [5.74, 6) is 0.0928. The Morgan fingerprint density at radius 3 is 2.76 bits per heavy atom. The number of thiocarbonyl (C=S) groups is 1. The van der Waals surface area contributed by atoms with Crippen LogP contribution in [0.3, 0.4) is 0 Å². The van der Waals surface area contributed by atoms with Crippen LogP contribution in [0.25, 0.3) is 17.0 Å². The van der Waals surface area contributed by atoms with Crippen molar-refractivity contribution in [2.24, 2.45) is 0 Å². The lowest BCUT2D eigenvalue weighted by Crippen LogP contribution is -2.39. The van der Waals surface area contributed by atoms with Crippen LogP contribution < -0.4 is 0 Å². The van der Waals surface area contributed by atoms with E-state index in [0.717, 1.165) is 34.2 Å². The molecule has 1 aliphatic carbocycles. The van der Waals surface area contributed by atoms with E-state index in [1.165, 1.54) is 41.9 Å². The Morgan fingerprint density at radius 1 is 1.24 bits per heavy atom. The molecular formula is C20H22N2OS2. The Morgan fingerprint density at radius 2 is 2.00 bits per heavy atom. The smallest absolute Gasteiger partial charge is 0.266 e. The number of nitrogens with zero attached hydrogens (tertiary/aromatic N) is 2. The van der Waals surface area contributed by atoms with Gasteiger partial charge in [0.05, 0.1) is 4.91 Å². The third kappa shape index (κ3) is 3.04. The van der Waals surface area contributed by atoms with Crippen LogP contribution in [0, 0.1) is 0 Å². The number of carbonyl (C=O) groups is 1. The molecule has 0 N–H and O–H groups in total. The van der Waals surface area contributed by atoms with Gasteiger partial charge >= 0.3 is 0 Å². The fourth-order valence-corrected chi connectivity index (χ4v) is 5.32. The summed E-state index contributed by atoms with van der Waals surface area (Å²) >= 11 is 6.99.